The summed E-state index contributed by atoms with van der Waals surface area (Å²) in [7, 11) is 1.65. The van der Waals surface area contributed by atoms with Crippen molar-refractivity contribution in [1.82, 2.24) is 4.90 Å². The molecule has 2 aromatic rings. The number of likely N-dealkylation sites (tertiary alicyclic amines) is 1. The lowest BCUT2D eigenvalue weighted by Crippen LogP contribution is -2.31. The first-order chi connectivity index (χ1) is 11.3. The largest absolute Gasteiger partial charge is 0.493 e. The summed E-state index contributed by atoms with van der Waals surface area (Å²) in [6, 6.07) is 16.2. The van der Waals surface area contributed by atoms with Crippen LogP contribution in [0.4, 0.5) is 0 Å². The Morgan fingerprint density at radius 1 is 1.00 bits per heavy atom. The Labute approximate surface area is 137 Å². The van der Waals surface area contributed by atoms with E-state index in [1.54, 1.807) is 7.11 Å². The second-order valence-electron chi connectivity index (χ2n) is 5.82. The lowest BCUT2D eigenvalue weighted by atomic mass is 10.1. The predicted octanol–water partition coefficient (Wildman–Crippen LogP) is 3.58. The van der Waals surface area contributed by atoms with Gasteiger partial charge < -0.3 is 15.2 Å². The highest BCUT2D eigenvalue weighted by Gasteiger charge is 2.22. The molecule has 0 bridgehead atoms. The minimum Gasteiger partial charge on any atom is -0.493 e. The third-order valence-corrected chi connectivity index (χ3v) is 4.37. The summed E-state index contributed by atoms with van der Waals surface area (Å²) in [5.74, 6) is 2.25. The Morgan fingerprint density at radius 3 is 2.26 bits per heavy atom. The number of ether oxygens (including phenoxy) is 2. The molecule has 0 aliphatic carbocycles. The van der Waals surface area contributed by atoms with Crippen molar-refractivity contribution in [3.8, 4) is 17.2 Å². The van der Waals surface area contributed by atoms with Gasteiger partial charge in [-0.05, 0) is 55.8 Å². The van der Waals surface area contributed by atoms with Gasteiger partial charge in [-0.2, -0.15) is 0 Å². The molecule has 1 heterocycles. The van der Waals surface area contributed by atoms with E-state index in [2.05, 4.69) is 17.0 Å². The van der Waals surface area contributed by atoms with Crippen LogP contribution < -0.4 is 15.2 Å². The molecule has 0 spiro atoms. The van der Waals surface area contributed by atoms with Gasteiger partial charge in [0.05, 0.1) is 7.11 Å². The number of para-hydroxylation sites is 2. The Kier molecular flexibility index (Phi) is 5.16. The van der Waals surface area contributed by atoms with Crippen molar-refractivity contribution >= 4 is 0 Å². The molecule has 1 atom stereocenters. The zero-order valence-corrected chi connectivity index (χ0v) is 13.6. The summed E-state index contributed by atoms with van der Waals surface area (Å²) in [6.45, 7) is 2.93. The van der Waals surface area contributed by atoms with E-state index in [-0.39, 0.29) is 0 Å². The maximum atomic E-state index is 5.99. The highest BCUT2D eigenvalue weighted by molar-refractivity contribution is 5.43. The van der Waals surface area contributed by atoms with E-state index in [4.69, 9.17) is 15.2 Å². The van der Waals surface area contributed by atoms with Gasteiger partial charge in [0.2, 0.25) is 0 Å². The number of nitrogens with zero attached hydrogens (tertiary/aromatic N) is 1. The second-order valence-corrected chi connectivity index (χ2v) is 5.82. The van der Waals surface area contributed by atoms with Gasteiger partial charge in [-0.25, -0.2) is 0 Å². The van der Waals surface area contributed by atoms with Crippen LogP contribution in [-0.4, -0.2) is 31.6 Å². The van der Waals surface area contributed by atoms with E-state index in [1.165, 1.54) is 18.4 Å². The smallest absolute Gasteiger partial charge is 0.169 e. The third-order valence-electron chi connectivity index (χ3n) is 4.37. The summed E-state index contributed by atoms with van der Waals surface area (Å²) in [6.07, 6.45) is 2.54. The number of benzene rings is 2. The first kappa shape index (κ1) is 15.8. The monoisotopic (exact) mass is 312 g/mol. The molecule has 4 nitrogen and oxygen atoms in total. The highest BCUT2D eigenvalue weighted by Crippen LogP contribution is 2.32. The van der Waals surface area contributed by atoms with Crippen LogP contribution in [0.1, 0.15) is 24.4 Å². The zero-order valence-electron chi connectivity index (χ0n) is 13.6. The zero-order chi connectivity index (χ0) is 16.1. The molecule has 0 amide bonds. The first-order valence-electron chi connectivity index (χ1n) is 8.17. The van der Waals surface area contributed by atoms with Crippen molar-refractivity contribution in [3.63, 3.8) is 0 Å². The van der Waals surface area contributed by atoms with Gasteiger partial charge in [0.15, 0.2) is 11.5 Å². The molecule has 2 aromatic carbocycles. The summed E-state index contributed by atoms with van der Waals surface area (Å²) in [4.78, 5) is 2.47. The van der Waals surface area contributed by atoms with Crippen LogP contribution in [0.25, 0.3) is 0 Å². The molecule has 1 fully saturated rings. The predicted molar refractivity (Wildman–Crippen MR) is 92.1 cm³/mol. The van der Waals surface area contributed by atoms with Crippen molar-refractivity contribution in [2.75, 3.05) is 26.7 Å². The number of hydrogen-bond donors (Lipinski definition) is 1. The molecule has 0 aromatic heterocycles. The Hall–Kier alpha value is -2.04. The van der Waals surface area contributed by atoms with Crippen molar-refractivity contribution in [3.05, 3.63) is 54.1 Å². The van der Waals surface area contributed by atoms with Crippen molar-refractivity contribution in [1.29, 1.82) is 0 Å². The van der Waals surface area contributed by atoms with Crippen LogP contribution in [-0.2, 0) is 0 Å². The number of methoxy groups -OCH3 is 1. The molecule has 1 saturated heterocycles. The van der Waals surface area contributed by atoms with Gasteiger partial charge in [0.25, 0.3) is 0 Å². The molecule has 0 saturated carbocycles. The molecule has 122 valence electrons. The highest BCUT2D eigenvalue weighted by atomic mass is 16.5. The van der Waals surface area contributed by atoms with Crippen molar-refractivity contribution in [2.45, 2.75) is 18.9 Å². The molecule has 2 N–H and O–H groups in total. The van der Waals surface area contributed by atoms with Gasteiger partial charge in [0.1, 0.15) is 5.75 Å². The van der Waals surface area contributed by atoms with Crippen molar-refractivity contribution < 1.29 is 9.47 Å². The Bertz CT molecular complexity index is 622. The molecular formula is C19H24N2O2. The van der Waals surface area contributed by atoms with Crippen LogP contribution in [0, 0.1) is 0 Å². The molecule has 1 unspecified atom stereocenters. The first-order valence-corrected chi connectivity index (χ1v) is 8.17. The number of hydrogen-bond acceptors (Lipinski definition) is 4. The van der Waals surface area contributed by atoms with Crippen molar-refractivity contribution in [2.24, 2.45) is 5.73 Å². The van der Waals surface area contributed by atoms with Crippen LogP contribution in [0.15, 0.2) is 48.5 Å². The number of nitrogens with two attached hydrogens (primary N) is 1. The minimum atomic E-state index is 0.304. The minimum absolute atomic E-state index is 0.304. The lowest BCUT2D eigenvalue weighted by molar-refractivity contribution is 0.251. The van der Waals surface area contributed by atoms with Crippen LogP contribution >= 0.6 is 0 Å². The third kappa shape index (κ3) is 3.66. The normalized spacial score (nSPS) is 16.3. The SMILES string of the molecule is COc1ccccc1Oc1ccc(C(CN)N2CCCC2)cc1. The van der Waals surface area contributed by atoms with Gasteiger partial charge in [-0.3, -0.25) is 4.90 Å². The molecule has 23 heavy (non-hydrogen) atoms. The fourth-order valence-electron chi connectivity index (χ4n) is 3.14. The molecule has 1 aliphatic rings. The Balaban J connectivity index is 1.73. The quantitative estimate of drug-likeness (QED) is 0.885. The maximum Gasteiger partial charge on any atom is 0.169 e. The average Bonchev–Trinajstić information content (AvgIpc) is 3.12. The number of rotatable bonds is 6. The second kappa shape index (κ2) is 7.49. The van der Waals surface area contributed by atoms with E-state index >= 15 is 0 Å². The molecule has 4 heteroatoms. The standard InChI is InChI=1S/C19H24N2O2/c1-22-18-6-2-3-7-19(18)23-16-10-8-15(9-11-16)17(14-20)21-12-4-5-13-21/h2-3,6-11,17H,4-5,12-14,20H2,1H3. The molecule has 0 radical (unpaired) electrons. The molecular weight excluding hydrogens is 288 g/mol. The van der Waals surface area contributed by atoms with E-state index in [9.17, 15) is 0 Å². The lowest BCUT2D eigenvalue weighted by Gasteiger charge is -2.26. The van der Waals surface area contributed by atoms with Crippen LogP contribution in [0.3, 0.4) is 0 Å². The average molecular weight is 312 g/mol. The topological polar surface area (TPSA) is 47.7 Å². The van der Waals surface area contributed by atoms with Gasteiger partial charge >= 0.3 is 0 Å². The van der Waals surface area contributed by atoms with Gasteiger partial charge in [-0.1, -0.05) is 24.3 Å². The van der Waals surface area contributed by atoms with E-state index < -0.39 is 0 Å². The van der Waals surface area contributed by atoms with Gasteiger partial charge in [-0.15, -0.1) is 0 Å². The molecule has 1 aliphatic heterocycles. The van der Waals surface area contributed by atoms with E-state index in [0.717, 1.165) is 30.3 Å². The fourth-order valence-corrected chi connectivity index (χ4v) is 3.14. The van der Waals surface area contributed by atoms with Crippen LogP contribution in [0.2, 0.25) is 0 Å². The summed E-state index contributed by atoms with van der Waals surface area (Å²) in [5, 5.41) is 0. The molecule has 3 rings (SSSR count). The van der Waals surface area contributed by atoms with Gasteiger partial charge in [0, 0.05) is 12.6 Å². The summed E-state index contributed by atoms with van der Waals surface area (Å²) < 4.78 is 11.2. The fraction of sp³-hybridized carbons (Fsp3) is 0.368. The maximum absolute atomic E-state index is 5.99. The van der Waals surface area contributed by atoms with E-state index in [1.807, 2.05) is 36.4 Å². The van der Waals surface area contributed by atoms with E-state index in [0.29, 0.717) is 12.6 Å². The Morgan fingerprint density at radius 2 is 1.65 bits per heavy atom. The summed E-state index contributed by atoms with van der Waals surface area (Å²) in [5.41, 5.74) is 7.25. The van der Waals surface area contributed by atoms with Crippen LogP contribution in [0.5, 0.6) is 17.2 Å². The summed E-state index contributed by atoms with van der Waals surface area (Å²) >= 11 is 0.